The monoisotopic (exact) mass is 493 g/mol. The molecule has 9 heteroatoms. The van der Waals surface area contributed by atoms with Crippen LogP contribution in [-0.2, 0) is 4.74 Å². The highest BCUT2D eigenvalue weighted by atomic mass is 16.5. The molecule has 2 heterocycles. The Kier molecular flexibility index (Phi) is 7.84. The molecular weight excluding hydrogens is 464 g/mol. The zero-order valence-electron chi connectivity index (χ0n) is 20.6. The van der Waals surface area contributed by atoms with Gasteiger partial charge in [0.25, 0.3) is 0 Å². The van der Waals surface area contributed by atoms with Crippen LogP contribution in [0.5, 0.6) is 17.2 Å². The van der Waals surface area contributed by atoms with Gasteiger partial charge in [0.05, 0.1) is 44.6 Å². The SMILES string of the molecule is COCC(O)C[NH2+]C(=O)c1ccc(OC)c(-c2cc3nccc(-c4c(OC)cccc4OC)c3o2)c1. The number of nitrogens with two attached hydrogens (primary N) is 1. The van der Waals surface area contributed by atoms with Crippen LogP contribution in [0.25, 0.3) is 33.6 Å². The number of fused-ring (bicyclic) bond motifs is 1. The van der Waals surface area contributed by atoms with Gasteiger partial charge in [-0.25, -0.2) is 4.79 Å². The zero-order chi connectivity index (χ0) is 25.7. The number of primary amides is 1. The molecule has 3 N–H and O–H groups in total. The number of hydrogen-bond acceptors (Lipinski definition) is 8. The van der Waals surface area contributed by atoms with Gasteiger partial charge >= 0.3 is 5.91 Å². The fourth-order valence-electron chi connectivity index (χ4n) is 4.06. The molecule has 0 saturated heterocycles. The summed E-state index contributed by atoms with van der Waals surface area (Å²) in [4.78, 5) is 17.2. The van der Waals surface area contributed by atoms with Crippen molar-refractivity contribution in [2.75, 3.05) is 41.6 Å². The molecule has 0 spiro atoms. The summed E-state index contributed by atoms with van der Waals surface area (Å²) in [6.45, 7) is 0.343. The van der Waals surface area contributed by atoms with Crippen molar-refractivity contribution in [1.82, 2.24) is 4.98 Å². The number of aliphatic hydroxyl groups excluding tert-OH is 1. The summed E-state index contributed by atoms with van der Waals surface area (Å²) in [5, 5.41) is 11.3. The largest absolute Gasteiger partial charge is 0.496 e. The van der Waals surface area contributed by atoms with Crippen LogP contribution in [0.1, 0.15) is 10.4 Å². The van der Waals surface area contributed by atoms with Crippen LogP contribution in [0.2, 0.25) is 0 Å². The molecule has 0 radical (unpaired) electrons. The Bertz CT molecular complexity index is 1340. The molecule has 4 aromatic rings. The van der Waals surface area contributed by atoms with Crippen LogP contribution in [0, 0.1) is 0 Å². The van der Waals surface area contributed by atoms with Gasteiger partial charge in [-0.2, -0.15) is 0 Å². The van der Waals surface area contributed by atoms with E-state index in [1.165, 1.54) is 12.4 Å². The molecule has 1 unspecified atom stereocenters. The summed E-state index contributed by atoms with van der Waals surface area (Å²) < 4.78 is 28.0. The summed E-state index contributed by atoms with van der Waals surface area (Å²) in [5.41, 5.74) is 3.72. The van der Waals surface area contributed by atoms with E-state index in [4.69, 9.17) is 23.4 Å². The number of pyridine rings is 1. The number of amides is 1. The Morgan fingerprint density at radius 1 is 0.972 bits per heavy atom. The van der Waals surface area contributed by atoms with E-state index in [0.29, 0.717) is 45.2 Å². The molecule has 2 aromatic heterocycles. The lowest BCUT2D eigenvalue weighted by Crippen LogP contribution is -2.90. The van der Waals surface area contributed by atoms with Crippen molar-refractivity contribution < 1.29 is 38.6 Å². The summed E-state index contributed by atoms with van der Waals surface area (Å²) in [6, 6.07) is 14.3. The minimum atomic E-state index is -0.747. The third kappa shape index (κ3) is 5.03. The maximum atomic E-state index is 12.8. The second-order valence-corrected chi connectivity index (χ2v) is 8.05. The fourth-order valence-corrected chi connectivity index (χ4v) is 4.06. The lowest BCUT2D eigenvalue weighted by molar-refractivity contribution is -0.564. The van der Waals surface area contributed by atoms with Gasteiger partial charge in [-0.15, -0.1) is 0 Å². The van der Waals surface area contributed by atoms with E-state index >= 15 is 0 Å². The molecule has 36 heavy (non-hydrogen) atoms. The molecule has 4 rings (SSSR count). The van der Waals surface area contributed by atoms with E-state index in [2.05, 4.69) is 4.98 Å². The van der Waals surface area contributed by atoms with E-state index in [1.807, 2.05) is 24.3 Å². The summed E-state index contributed by atoms with van der Waals surface area (Å²) in [6.07, 6.45) is 0.948. The normalized spacial score (nSPS) is 11.9. The molecule has 0 saturated carbocycles. The number of aliphatic hydroxyl groups is 1. The number of carbonyl (C=O) groups excluding carboxylic acids is 1. The Morgan fingerprint density at radius 3 is 2.36 bits per heavy atom. The first-order chi connectivity index (χ1) is 17.5. The second-order valence-electron chi connectivity index (χ2n) is 8.05. The average Bonchev–Trinajstić information content (AvgIpc) is 3.35. The number of nitrogens with zero attached hydrogens (tertiary/aromatic N) is 1. The summed E-state index contributed by atoms with van der Waals surface area (Å²) in [5.74, 6) is 2.08. The molecule has 0 aliphatic rings. The molecule has 188 valence electrons. The lowest BCUT2D eigenvalue weighted by atomic mass is 10.0. The van der Waals surface area contributed by atoms with Crippen LogP contribution in [0.4, 0.5) is 0 Å². The molecule has 9 nitrogen and oxygen atoms in total. The van der Waals surface area contributed by atoms with E-state index in [9.17, 15) is 9.90 Å². The third-order valence-corrected chi connectivity index (χ3v) is 5.79. The highest BCUT2D eigenvalue weighted by Gasteiger charge is 2.22. The summed E-state index contributed by atoms with van der Waals surface area (Å²) >= 11 is 0. The number of aromatic nitrogens is 1. The van der Waals surface area contributed by atoms with Crippen LogP contribution < -0.4 is 19.5 Å². The number of carbonyl (C=O) groups is 1. The minimum Gasteiger partial charge on any atom is -0.496 e. The summed E-state index contributed by atoms with van der Waals surface area (Å²) in [7, 11) is 6.25. The van der Waals surface area contributed by atoms with E-state index in [-0.39, 0.29) is 19.1 Å². The second kappa shape index (κ2) is 11.2. The van der Waals surface area contributed by atoms with E-state index in [0.717, 1.165) is 11.1 Å². The van der Waals surface area contributed by atoms with Crippen LogP contribution in [0.15, 0.2) is 59.1 Å². The quantitative estimate of drug-likeness (QED) is 0.346. The van der Waals surface area contributed by atoms with Crippen molar-refractivity contribution in [3.8, 4) is 39.7 Å². The zero-order valence-corrected chi connectivity index (χ0v) is 20.6. The molecule has 0 bridgehead atoms. The highest BCUT2D eigenvalue weighted by Crippen LogP contribution is 2.43. The number of hydrogen-bond donors (Lipinski definition) is 2. The highest BCUT2D eigenvalue weighted by molar-refractivity contribution is 5.97. The first kappa shape index (κ1) is 25.2. The first-order valence-electron chi connectivity index (χ1n) is 11.3. The Morgan fingerprint density at radius 2 is 1.69 bits per heavy atom. The molecule has 0 fully saturated rings. The Balaban J connectivity index is 1.77. The maximum absolute atomic E-state index is 12.8. The van der Waals surface area contributed by atoms with E-state index in [1.54, 1.807) is 51.8 Å². The van der Waals surface area contributed by atoms with Gasteiger partial charge in [0, 0.05) is 24.9 Å². The van der Waals surface area contributed by atoms with Gasteiger partial charge < -0.3 is 28.5 Å². The van der Waals surface area contributed by atoms with Crippen molar-refractivity contribution >= 4 is 17.0 Å². The molecule has 1 atom stereocenters. The maximum Gasteiger partial charge on any atom is 0.342 e. The number of rotatable bonds is 10. The standard InChI is InChI=1S/C27H28N2O7/c1-32-15-17(30)14-29-27(31)16-8-9-21(33-2)19(12-16)24-13-20-26(36-24)18(10-11-28-20)25-22(34-3)6-5-7-23(25)35-4/h5-13,17,30H,14-15H2,1-4H3,(H,29,31)/p+1. The van der Waals surface area contributed by atoms with Gasteiger partial charge in [-0.05, 0) is 36.4 Å². The molecule has 0 aliphatic carbocycles. The van der Waals surface area contributed by atoms with Crippen molar-refractivity contribution in [3.63, 3.8) is 0 Å². The first-order valence-corrected chi connectivity index (χ1v) is 11.3. The number of furan rings is 1. The number of benzene rings is 2. The van der Waals surface area contributed by atoms with Crippen molar-refractivity contribution in [3.05, 3.63) is 60.3 Å². The lowest BCUT2D eigenvalue weighted by Gasteiger charge is -2.13. The minimum absolute atomic E-state index is 0.156. The number of ether oxygens (including phenoxy) is 4. The van der Waals surface area contributed by atoms with Crippen molar-refractivity contribution in [2.24, 2.45) is 0 Å². The average molecular weight is 494 g/mol. The Hall–Kier alpha value is -3.92. The van der Waals surface area contributed by atoms with E-state index < -0.39 is 6.10 Å². The molecular formula is C27H29N2O7+. The van der Waals surface area contributed by atoms with Crippen molar-refractivity contribution in [2.45, 2.75) is 6.10 Å². The van der Waals surface area contributed by atoms with Crippen molar-refractivity contribution in [1.29, 1.82) is 0 Å². The van der Waals surface area contributed by atoms with Gasteiger partial charge in [0.1, 0.15) is 41.2 Å². The van der Waals surface area contributed by atoms with Gasteiger partial charge in [0.15, 0.2) is 5.58 Å². The predicted octanol–water partition coefficient (Wildman–Crippen LogP) is 2.90. The smallest absolute Gasteiger partial charge is 0.342 e. The van der Waals surface area contributed by atoms with Crippen LogP contribution >= 0.6 is 0 Å². The van der Waals surface area contributed by atoms with Crippen LogP contribution in [0.3, 0.4) is 0 Å². The topological polar surface area (TPSA) is 117 Å². The molecule has 0 aliphatic heterocycles. The Labute approximate surface area is 208 Å². The predicted molar refractivity (Wildman–Crippen MR) is 134 cm³/mol. The molecule has 2 aromatic carbocycles. The van der Waals surface area contributed by atoms with Gasteiger partial charge in [-0.3, -0.25) is 10.3 Å². The fraction of sp³-hybridized carbons (Fsp3) is 0.259. The molecule has 1 amide bonds. The number of methoxy groups -OCH3 is 4. The number of quaternary nitrogens is 1. The third-order valence-electron chi connectivity index (χ3n) is 5.79. The van der Waals surface area contributed by atoms with Crippen LogP contribution in [-0.4, -0.2) is 63.7 Å². The van der Waals surface area contributed by atoms with Gasteiger partial charge in [-0.1, -0.05) is 6.07 Å². The van der Waals surface area contributed by atoms with Gasteiger partial charge in [0.2, 0.25) is 0 Å².